The second-order valence-electron chi connectivity index (χ2n) is 4.41. The van der Waals surface area contributed by atoms with E-state index in [4.69, 9.17) is 0 Å². The Morgan fingerprint density at radius 3 is 1.56 bits per heavy atom. The van der Waals surface area contributed by atoms with Gasteiger partial charge in [-0.1, -0.05) is 0 Å². The van der Waals surface area contributed by atoms with E-state index >= 15 is 0 Å². The van der Waals surface area contributed by atoms with Gasteiger partial charge in [-0.25, -0.2) is 0 Å². The fourth-order valence-electron chi connectivity index (χ4n) is 2.52. The maximum absolute atomic E-state index is 2.38. The molecule has 0 bridgehead atoms. The van der Waals surface area contributed by atoms with Gasteiger partial charge in [0.05, 0.1) is 0 Å². The Morgan fingerprint density at radius 1 is 0.667 bits per heavy atom. The summed E-state index contributed by atoms with van der Waals surface area (Å²) in [5, 5.41) is 0. The average Bonchev–Trinajstić information content (AvgIpc) is 3.04. The summed E-state index contributed by atoms with van der Waals surface area (Å²) in [7, 11) is 0. The molecule has 2 aliphatic rings. The van der Waals surface area contributed by atoms with E-state index in [1.54, 1.807) is 3.87 Å². The van der Waals surface area contributed by atoms with Crippen molar-refractivity contribution < 1.29 is 30.3 Å². The van der Waals surface area contributed by atoms with E-state index in [-0.39, 0.29) is 12.4 Å². The number of halogens is 1. The standard InChI is InChI=1S/C6H5.2C5H5.ClH.Ti/c1-2-4-6-5-3-1;2*1-2-4-5-3-1;;/h1-5H;2*1-5H;1H;/q;;;;+1/p-1. The zero-order valence-corrected chi connectivity index (χ0v) is 12.4. The van der Waals surface area contributed by atoms with E-state index in [1.165, 1.54) is 0 Å². The van der Waals surface area contributed by atoms with Crippen molar-refractivity contribution in [2.75, 3.05) is 0 Å². The largest absolute Gasteiger partial charge is 1.00 e. The minimum absolute atomic E-state index is 0. The van der Waals surface area contributed by atoms with Crippen LogP contribution in [0.25, 0.3) is 0 Å². The summed E-state index contributed by atoms with van der Waals surface area (Å²) in [5.41, 5.74) is 0. The van der Waals surface area contributed by atoms with Crippen LogP contribution in [0.15, 0.2) is 78.9 Å². The van der Waals surface area contributed by atoms with Crippen molar-refractivity contribution in [2.24, 2.45) is 0 Å². The number of hydrogen-bond acceptors (Lipinski definition) is 0. The fourth-order valence-corrected chi connectivity index (χ4v) is 7.30. The van der Waals surface area contributed by atoms with Crippen LogP contribution in [0.5, 0.6) is 0 Å². The van der Waals surface area contributed by atoms with Crippen molar-refractivity contribution in [2.45, 2.75) is 8.45 Å². The average molecular weight is 291 g/mol. The van der Waals surface area contributed by atoms with Gasteiger partial charge in [-0.05, 0) is 0 Å². The van der Waals surface area contributed by atoms with Gasteiger partial charge in [0, 0.05) is 0 Å². The van der Waals surface area contributed by atoms with Crippen LogP contribution in [0.3, 0.4) is 0 Å². The van der Waals surface area contributed by atoms with E-state index in [1.807, 2.05) is 0 Å². The molecule has 1 aromatic carbocycles. The van der Waals surface area contributed by atoms with Crippen LogP contribution >= 0.6 is 0 Å². The molecule has 1 aromatic rings. The molecule has 0 aliphatic heterocycles. The van der Waals surface area contributed by atoms with Crippen molar-refractivity contribution >= 4 is 3.87 Å². The summed E-state index contributed by atoms with van der Waals surface area (Å²) in [4.78, 5) is 0. The second kappa shape index (κ2) is 6.38. The quantitative estimate of drug-likeness (QED) is 0.721. The first-order valence-corrected chi connectivity index (χ1v) is 8.66. The molecule has 0 nitrogen and oxygen atoms in total. The summed E-state index contributed by atoms with van der Waals surface area (Å²) in [6.45, 7) is 0. The number of rotatable bonds is 3. The van der Waals surface area contributed by atoms with Crippen LogP contribution in [0.1, 0.15) is 0 Å². The minimum atomic E-state index is -1.36. The first kappa shape index (κ1) is 13.6. The van der Waals surface area contributed by atoms with Gasteiger partial charge in [0.25, 0.3) is 0 Å². The Kier molecular flexibility index (Phi) is 4.82. The van der Waals surface area contributed by atoms with Crippen molar-refractivity contribution in [1.82, 2.24) is 0 Å². The summed E-state index contributed by atoms with van der Waals surface area (Å²) in [6.07, 6.45) is 18.3. The smallest absolute Gasteiger partial charge is 1.00 e. The third kappa shape index (κ3) is 2.77. The maximum atomic E-state index is 2.38. The van der Waals surface area contributed by atoms with Gasteiger partial charge in [-0.3, -0.25) is 0 Å². The third-order valence-corrected chi connectivity index (χ3v) is 8.33. The number of allylic oxidation sites excluding steroid dienone is 8. The van der Waals surface area contributed by atoms with Gasteiger partial charge in [-0.2, -0.15) is 0 Å². The Balaban J connectivity index is 0.00000120. The van der Waals surface area contributed by atoms with E-state index < -0.39 is 17.9 Å². The topological polar surface area (TPSA) is 0 Å². The van der Waals surface area contributed by atoms with E-state index in [9.17, 15) is 0 Å². The first-order chi connectivity index (χ1) is 8.45. The Bertz CT molecular complexity index is 447. The molecule has 0 saturated carbocycles. The molecule has 2 aliphatic carbocycles. The second-order valence-corrected chi connectivity index (χ2v) is 8.82. The maximum Gasteiger partial charge on any atom is -1.00 e. The molecule has 0 radical (unpaired) electrons. The third-order valence-electron chi connectivity index (χ3n) is 3.32. The van der Waals surface area contributed by atoms with Crippen molar-refractivity contribution in [3.8, 4) is 0 Å². The summed E-state index contributed by atoms with van der Waals surface area (Å²) < 4.78 is 2.97. The zero-order chi connectivity index (χ0) is 11.5. The molecule has 18 heavy (non-hydrogen) atoms. The van der Waals surface area contributed by atoms with Crippen LogP contribution in [-0.2, 0) is 17.9 Å². The predicted molar refractivity (Wildman–Crippen MR) is 70.1 cm³/mol. The minimum Gasteiger partial charge on any atom is -1.00 e. The van der Waals surface area contributed by atoms with E-state index in [0.717, 1.165) is 0 Å². The van der Waals surface area contributed by atoms with Crippen molar-refractivity contribution in [1.29, 1.82) is 0 Å². The van der Waals surface area contributed by atoms with Crippen molar-refractivity contribution in [3.63, 3.8) is 0 Å². The SMILES string of the molecule is C1=C[CH]([Ti+]([c]2ccccc2)[CH]2C=CC=C2)C=C1.[Cl-]. The van der Waals surface area contributed by atoms with Crippen LogP contribution in [-0.4, -0.2) is 0 Å². The fraction of sp³-hybridized carbons (Fsp3) is 0.125. The molecule has 0 spiro atoms. The van der Waals surface area contributed by atoms with Crippen molar-refractivity contribution in [3.05, 3.63) is 78.9 Å². The molecule has 0 amide bonds. The molecule has 0 heterocycles. The molecule has 2 heteroatoms. The Labute approximate surface area is 121 Å². The summed E-state index contributed by atoms with van der Waals surface area (Å²) >= 11 is -1.36. The molecular weight excluding hydrogens is 275 g/mol. The van der Waals surface area contributed by atoms with Crippen LogP contribution < -0.4 is 16.3 Å². The van der Waals surface area contributed by atoms with Gasteiger partial charge >= 0.3 is 109 Å². The zero-order valence-electron chi connectivity index (χ0n) is 10.0. The van der Waals surface area contributed by atoms with Gasteiger partial charge in [0.15, 0.2) is 0 Å². The first-order valence-electron chi connectivity index (χ1n) is 6.07. The van der Waals surface area contributed by atoms with E-state index in [0.29, 0.717) is 8.45 Å². The summed E-state index contributed by atoms with van der Waals surface area (Å²) in [5.74, 6) is 0. The summed E-state index contributed by atoms with van der Waals surface area (Å²) in [6, 6.07) is 11.1. The molecule has 0 saturated heterocycles. The molecule has 0 aromatic heterocycles. The predicted octanol–water partition coefficient (Wildman–Crippen LogP) is 0.763. The Hall–Kier alpha value is -0.816. The Morgan fingerprint density at radius 2 is 1.11 bits per heavy atom. The number of hydrogen-bond donors (Lipinski definition) is 0. The van der Waals surface area contributed by atoms with Crippen LogP contribution in [0, 0.1) is 0 Å². The van der Waals surface area contributed by atoms with Crippen LogP contribution in [0.2, 0.25) is 8.45 Å². The molecular formula is C16H15ClTi. The molecule has 3 rings (SSSR count). The normalized spacial score (nSPS) is 17.3. The number of benzene rings is 1. The molecule has 0 unspecified atom stereocenters. The van der Waals surface area contributed by atoms with Gasteiger partial charge < -0.3 is 12.4 Å². The van der Waals surface area contributed by atoms with E-state index in [2.05, 4.69) is 78.9 Å². The monoisotopic (exact) mass is 290 g/mol. The van der Waals surface area contributed by atoms with Gasteiger partial charge in [-0.15, -0.1) is 0 Å². The molecule has 0 fully saturated rings. The molecule has 0 N–H and O–H groups in total. The van der Waals surface area contributed by atoms with Crippen LogP contribution in [0.4, 0.5) is 0 Å². The van der Waals surface area contributed by atoms with Gasteiger partial charge in [0.1, 0.15) is 0 Å². The molecule has 0 atom stereocenters. The van der Waals surface area contributed by atoms with Gasteiger partial charge in [0.2, 0.25) is 0 Å². The molecule has 90 valence electrons.